The minimum atomic E-state index is -0.371. The van der Waals surface area contributed by atoms with Crippen LogP contribution in [0.5, 0.6) is 0 Å². The van der Waals surface area contributed by atoms with Gasteiger partial charge in [0.2, 0.25) is 0 Å². The summed E-state index contributed by atoms with van der Waals surface area (Å²) >= 11 is 5.86. The third-order valence-electron chi connectivity index (χ3n) is 3.22. The smallest absolute Gasteiger partial charge is 0.265 e. The normalized spacial score (nSPS) is 11.4. The summed E-state index contributed by atoms with van der Waals surface area (Å²) in [7, 11) is 0. The average molecular weight is 316 g/mol. The molecular weight excluding hydrogens is 302 g/mol. The molecule has 0 saturated heterocycles. The van der Waals surface area contributed by atoms with E-state index in [0.29, 0.717) is 17.0 Å². The van der Waals surface area contributed by atoms with Crippen LogP contribution in [-0.2, 0) is 6.42 Å². The highest BCUT2D eigenvalue weighted by Crippen LogP contribution is 2.24. The van der Waals surface area contributed by atoms with E-state index in [1.807, 2.05) is 12.1 Å². The Morgan fingerprint density at radius 2 is 1.86 bits per heavy atom. The number of carbonyl (C=O) groups is 1. The van der Waals surface area contributed by atoms with Crippen molar-refractivity contribution in [3.05, 3.63) is 80.7 Å². The van der Waals surface area contributed by atoms with Crippen LogP contribution in [-0.4, -0.2) is 5.91 Å². The summed E-state index contributed by atoms with van der Waals surface area (Å²) in [6.07, 6.45) is 0.545. The molecule has 1 atom stereocenters. The van der Waals surface area contributed by atoms with Crippen LogP contribution in [0.3, 0.4) is 0 Å². The Morgan fingerprint density at radius 1 is 1.23 bits per heavy atom. The molecule has 0 aromatic heterocycles. The van der Waals surface area contributed by atoms with Gasteiger partial charge in [0.25, 0.3) is 5.91 Å². The molecule has 0 bridgehead atoms. The zero-order valence-corrected chi connectivity index (χ0v) is 12.4. The van der Waals surface area contributed by atoms with E-state index in [2.05, 4.69) is 15.5 Å². The van der Waals surface area contributed by atoms with Crippen molar-refractivity contribution in [2.45, 2.75) is 12.5 Å². The van der Waals surface area contributed by atoms with Gasteiger partial charge in [0.05, 0.1) is 6.04 Å². The summed E-state index contributed by atoms with van der Waals surface area (Å²) in [5.74, 6) is 4.72. The second kappa shape index (κ2) is 7.47. The van der Waals surface area contributed by atoms with Gasteiger partial charge in [-0.15, -0.1) is 0 Å². The second-order valence-corrected chi connectivity index (χ2v) is 5.08. The molecule has 22 heavy (non-hydrogen) atoms. The molecule has 112 valence electrons. The molecule has 0 heterocycles. The number of nitrogens with two attached hydrogens (primary N) is 1. The molecule has 6 nitrogen and oxygen atoms in total. The standard InChI is InChI=1S/C15H14ClN5O/c16-13-7-1-10(2-8-13)9-14(20-21-18)11-3-5-12(6-4-11)15(22)19-17/h1-8,14H,9,17H2,(H,19,22). The van der Waals surface area contributed by atoms with Crippen LogP contribution >= 0.6 is 11.6 Å². The first-order valence-corrected chi connectivity index (χ1v) is 6.91. The number of nitrogens with one attached hydrogen (secondary N) is 1. The Kier molecular flexibility index (Phi) is 5.38. The van der Waals surface area contributed by atoms with E-state index >= 15 is 0 Å². The van der Waals surface area contributed by atoms with Crippen LogP contribution in [0.1, 0.15) is 27.5 Å². The summed E-state index contributed by atoms with van der Waals surface area (Å²) in [4.78, 5) is 14.3. The topological polar surface area (TPSA) is 104 Å². The van der Waals surface area contributed by atoms with Gasteiger partial charge >= 0.3 is 0 Å². The molecule has 0 aliphatic heterocycles. The fraction of sp³-hybridized carbons (Fsp3) is 0.133. The van der Waals surface area contributed by atoms with Crippen molar-refractivity contribution in [1.82, 2.24) is 5.43 Å². The maximum atomic E-state index is 11.4. The number of hydrogen-bond acceptors (Lipinski definition) is 3. The Bertz CT molecular complexity index is 693. The van der Waals surface area contributed by atoms with E-state index < -0.39 is 0 Å². The number of amides is 1. The van der Waals surface area contributed by atoms with Gasteiger partial charge in [-0.3, -0.25) is 10.2 Å². The van der Waals surface area contributed by atoms with E-state index in [1.165, 1.54) is 0 Å². The minimum Gasteiger partial charge on any atom is -0.290 e. The monoisotopic (exact) mass is 315 g/mol. The zero-order chi connectivity index (χ0) is 15.9. The van der Waals surface area contributed by atoms with Crippen molar-refractivity contribution in [1.29, 1.82) is 0 Å². The largest absolute Gasteiger partial charge is 0.290 e. The third-order valence-corrected chi connectivity index (χ3v) is 3.47. The fourth-order valence-electron chi connectivity index (χ4n) is 2.07. The van der Waals surface area contributed by atoms with Crippen molar-refractivity contribution >= 4 is 17.5 Å². The number of azide groups is 1. The molecule has 0 spiro atoms. The van der Waals surface area contributed by atoms with Gasteiger partial charge in [-0.1, -0.05) is 41.0 Å². The van der Waals surface area contributed by atoms with E-state index in [1.54, 1.807) is 36.4 Å². The molecule has 0 radical (unpaired) electrons. The first-order chi connectivity index (χ1) is 10.6. The number of benzene rings is 2. The Balaban J connectivity index is 2.22. The minimum absolute atomic E-state index is 0.360. The average Bonchev–Trinajstić information content (AvgIpc) is 2.56. The highest BCUT2D eigenvalue weighted by atomic mass is 35.5. The van der Waals surface area contributed by atoms with Crippen molar-refractivity contribution < 1.29 is 4.79 Å². The molecule has 0 saturated carbocycles. The van der Waals surface area contributed by atoms with Crippen LogP contribution in [0, 0.1) is 0 Å². The summed E-state index contributed by atoms with van der Waals surface area (Å²) in [6.45, 7) is 0. The second-order valence-electron chi connectivity index (χ2n) is 4.65. The maximum absolute atomic E-state index is 11.4. The summed E-state index contributed by atoms with van der Waals surface area (Å²) < 4.78 is 0. The van der Waals surface area contributed by atoms with Crippen molar-refractivity contribution in [3.63, 3.8) is 0 Å². The van der Waals surface area contributed by atoms with Gasteiger partial charge < -0.3 is 0 Å². The number of carbonyl (C=O) groups excluding carboxylic acids is 1. The van der Waals surface area contributed by atoms with Crippen LogP contribution in [0.15, 0.2) is 53.6 Å². The molecule has 0 fully saturated rings. The van der Waals surface area contributed by atoms with Gasteiger partial charge in [0.15, 0.2) is 0 Å². The van der Waals surface area contributed by atoms with Gasteiger partial charge in [0.1, 0.15) is 0 Å². The number of hydrogen-bond donors (Lipinski definition) is 2. The Hall–Kier alpha value is -2.53. The summed E-state index contributed by atoms with van der Waals surface area (Å²) in [6, 6.07) is 13.8. The van der Waals surface area contributed by atoms with Gasteiger partial charge in [0, 0.05) is 15.5 Å². The lowest BCUT2D eigenvalue weighted by Crippen LogP contribution is -2.29. The van der Waals surface area contributed by atoms with Crippen molar-refractivity contribution in [2.75, 3.05) is 0 Å². The van der Waals surface area contributed by atoms with E-state index in [9.17, 15) is 4.79 Å². The molecule has 3 N–H and O–H groups in total. The lowest BCUT2D eigenvalue weighted by atomic mass is 9.98. The zero-order valence-electron chi connectivity index (χ0n) is 11.6. The highest BCUT2D eigenvalue weighted by Gasteiger charge is 2.12. The number of nitrogen functional groups attached to an aromatic ring is 1. The SMILES string of the molecule is [N-]=[N+]=NC(Cc1ccc(Cl)cc1)c1ccc(C(=O)NN)cc1. The predicted octanol–water partition coefficient (Wildman–Crippen LogP) is 3.54. The molecule has 0 aliphatic rings. The van der Waals surface area contributed by atoms with Gasteiger partial charge in [-0.25, -0.2) is 5.84 Å². The third kappa shape index (κ3) is 3.99. The molecule has 2 rings (SSSR count). The van der Waals surface area contributed by atoms with Crippen LogP contribution < -0.4 is 11.3 Å². The van der Waals surface area contributed by atoms with E-state index in [-0.39, 0.29) is 11.9 Å². The lowest BCUT2D eigenvalue weighted by molar-refractivity contribution is 0.0953. The molecule has 7 heteroatoms. The lowest BCUT2D eigenvalue weighted by Gasteiger charge is -2.12. The summed E-state index contributed by atoms with van der Waals surface area (Å²) in [5.41, 5.74) is 13.1. The van der Waals surface area contributed by atoms with E-state index in [0.717, 1.165) is 11.1 Å². The van der Waals surface area contributed by atoms with Crippen LogP contribution in [0.4, 0.5) is 0 Å². The maximum Gasteiger partial charge on any atom is 0.265 e. The summed E-state index contributed by atoms with van der Waals surface area (Å²) in [5, 5.41) is 4.48. The number of rotatable bonds is 5. The van der Waals surface area contributed by atoms with E-state index in [4.69, 9.17) is 23.0 Å². The molecule has 2 aromatic rings. The number of nitrogens with zero attached hydrogens (tertiary/aromatic N) is 3. The molecule has 2 aromatic carbocycles. The number of hydrazine groups is 1. The van der Waals surface area contributed by atoms with Crippen molar-refractivity contribution in [2.24, 2.45) is 11.0 Å². The van der Waals surface area contributed by atoms with Gasteiger partial charge in [-0.2, -0.15) is 0 Å². The predicted molar refractivity (Wildman–Crippen MR) is 85.1 cm³/mol. The van der Waals surface area contributed by atoms with Crippen molar-refractivity contribution in [3.8, 4) is 0 Å². The molecule has 1 unspecified atom stereocenters. The Morgan fingerprint density at radius 3 is 2.41 bits per heavy atom. The quantitative estimate of drug-likeness (QED) is 0.220. The molecule has 0 aliphatic carbocycles. The van der Waals surface area contributed by atoms with Crippen LogP contribution in [0.25, 0.3) is 10.4 Å². The highest BCUT2D eigenvalue weighted by molar-refractivity contribution is 6.30. The number of halogens is 1. The first kappa shape index (κ1) is 15.9. The Labute approximate surface area is 132 Å². The first-order valence-electron chi connectivity index (χ1n) is 6.53. The van der Waals surface area contributed by atoms with Gasteiger partial charge in [-0.05, 0) is 47.3 Å². The molecule has 1 amide bonds. The molecular formula is C15H14ClN5O. The van der Waals surface area contributed by atoms with Crippen LogP contribution in [0.2, 0.25) is 5.02 Å². The fourth-order valence-corrected chi connectivity index (χ4v) is 2.20.